The van der Waals surface area contributed by atoms with E-state index in [1.807, 2.05) is 0 Å². The summed E-state index contributed by atoms with van der Waals surface area (Å²) in [6.07, 6.45) is 0.904. The average Bonchev–Trinajstić information content (AvgIpc) is 2.34. The van der Waals surface area contributed by atoms with Gasteiger partial charge in [-0.1, -0.05) is 34.8 Å². The zero-order chi connectivity index (χ0) is 16.0. The number of esters is 2. The second kappa shape index (κ2) is 8.19. The fraction of sp³-hybridized carbons (Fsp3) is 0.667. The molecule has 0 aromatic heterocycles. The maximum Gasteiger partial charge on any atom is 0.303 e. The molecule has 1 heterocycles. The molecule has 0 aliphatic carbocycles. The molecule has 0 aromatic carbocycles. The van der Waals surface area contributed by atoms with E-state index in [-0.39, 0.29) is 13.2 Å². The van der Waals surface area contributed by atoms with E-state index in [9.17, 15) is 9.59 Å². The first-order valence-electron chi connectivity index (χ1n) is 6.00. The SMILES string of the molecule is CC(=O)OCC1O[C@H](OCC(Cl)(Cl)Cl)C=C[C@@H]1OC(C)=O. The molecule has 6 nitrogen and oxygen atoms in total. The molecule has 1 aliphatic rings. The van der Waals surface area contributed by atoms with Crippen molar-refractivity contribution in [1.82, 2.24) is 0 Å². The maximum atomic E-state index is 11.0. The van der Waals surface area contributed by atoms with E-state index in [1.54, 1.807) is 6.08 Å². The normalized spacial score (nSPS) is 25.5. The molecule has 9 heteroatoms. The molecule has 0 N–H and O–H groups in total. The number of ether oxygens (including phenoxy) is 4. The lowest BCUT2D eigenvalue weighted by Crippen LogP contribution is -2.42. The van der Waals surface area contributed by atoms with Crippen molar-refractivity contribution < 1.29 is 28.5 Å². The van der Waals surface area contributed by atoms with Gasteiger partial charge in [0.25, 0.3) is 0 Å². The molecule has 0 amide bonds. The summed E-state index contributed by atoms with van der Waals surface area (Å²) < 4.78 is 19.1. The lowest BCUT2D eigenvalue weighted by molar-refractivity contribution is -0.196. The van der Waals surface area contributed by atoms with Gasteiger partial charge in [-0.3, -0.25) is 9.59 Å². The van der Waals surface area contributed by atoms with Crippen molar-refractivity contribution in [3.63, 3.8) is 0 Å². The Labute approximate surface area is 137 Å². The molecule has 0 aromatic rings. The van der Waals surface area contributed by atoms with Crippen molar-refractivity contribution in [3.05, 3.63) is 12.2 Å². The van der Waals surface area contributed by atoms with Crippen molar-refractivity contribution >= 4 is 46.7 Å². The van der Waals surface area contributed by atoms with E-state index in [2.05, 4.69) is 0 Å². The van der Waals surface area contributed by atoms with Gasteiger partial charge in [0.15, 0.2) is 6.29 Å². The molecule has 0 bridgehead atoms. The first-order valence-corrected chi connectivity index (χ1v) is 7.13. The summed E-state index contributed by atoms with van der Waals surface area (Å²) in [6, 6.07) is 0. The molecule has 21 heavy (non-hydrogen) atoms. The summed E-state index contributed by atoms with van der Waals surface area (Å²) in [5.41, 5.74) is 0. The minimum atomic E-state index is -1.57. The zero-order valence-electron chi connectivity index (χ0n) is 11.4. The largest absolute Gasteiger partial charge is 0.463 e. The summed E-state index contributed by atoms with van der Waals surface area (Å²) in [4.78, 5) is 21.9. The molecule has 0 saturated carbocycles. The van der Waals surface area contributed by atoms with Crippen molar-refractivity contribution in [2.24, 2.45) is 0 Å². The van der Waals surface area contributed by atoms with Crippen molar-refractivity contribution in [2.45, 2.75) is 36.1 Å². The first kappa shape index (κ1) is 18.5. The Balaban J connectivity index is 2.64. The van der Waals surface area contributed by atoms with Crippen LogP contribution in [0.25, 0.3) is 0 Å². The molecule has 1 aliphatic heterocycles. The van der Waals surface area contributed by atoms with Crippen LogP contribution in [0.4, 0.5) is 0 Å². The van der Waals surface area contributed by atoms with Crippen molar-refractivity contribution in [2.75, 3.05) is 13.2 Å². The highest BCUT2D eigenvalue weighted by atomic mass is 35.6. The van der Waals surface area contributed by atoms with Gasteiger partial charge in [0, 0.05) is 13.8 Å². The van der Waals surface area contributed by atoms with E-state index in [0.717, 1.165) is 0 Å². The van der Waals surface area contributed by atoms with E-state index >= 15 is 0 Å². The van der Waals surface area contributed by atoms with Crippen LogP contribution in [0.2, 0.25) is 0 Å². The minimum absolute atomic E-state index is 0.0920. The van der Waals surface area contributed by atoms with Gasteiger partial charge < -0.3 is 18.9 Å². The van der Waals surface area contributed by atoms with E-state index in [4.69, 9.17) is 53.8 Å². The lowest BCUT2D eigenvalue weighted by Gasteiger charge is -2.31. The van der Waals surface area contributed by atoms with Gasteiger partial charge in [-0.15, -0.1) is 0 Å². The standard InChI is InChI=1S/C12H15Cl3O6/c1-7(16)18-5-10-9(20-8(2)17)3-4-11(21-10)19-6-12(13,14)15/h3-4,9-11H,5-6H2,1-2H3/t9-,10?,11-/m0/s1. The molecule has 1 rings (SSSR count). The van der Waals surface area contributed by atoms with E-state index in [0.29, 0.717) is 0 Å². The number of carbonyl (C=O) groups is 2. The van der Waals surface area contributed by atoms with Gasteiger partial charge >= 0.3 is 11.9 Å². The Morgan fingerprint density at radius 1 is 1.19 bits per heavy atom. The van der Waals surface area contributed by atoms with Crippen molar-refractivity contribution in [1.29, 1.82) is 0 Å². The molecule has 0 spiro atoms. The topological polar surface area (TPSA) is 71.1 Å². The summed E-state index contributed by atoms with van der Waals surface area (Å²) in [6.45, 7) is 2.24. The van der Waals surface area contributed by atoms with Crippen LogP contribution >= 0.6 is 34.8 Å². The van der Waals surface area contributed by atoms with Crippen LogP contribution in [0, 0.1) is 0 Å². The second-order valence-corrected chi connectivity index (χ2v) is 6.75. The van der Waals surface area contributed by atoms with Crippen LogP contribution in [0.5, 0.6) is 0 Å². The third-order valence-corrected chi connectivity index (χ3v) is 2.62. The molecular formula is C12H15Cl3O6. The van der Waals surface area contributed by atoms with Crippen LogP contribution < -0.4 is 0 Å². The zero-order valence-corrected chi connectivity index (χ0v) is 13.7. The Morgan fingerprint density at radius 3 is 2.38 bits per heavy atom. The molecule has 3 atom stereocenters. The maximum absolute atomic E-state index is 11.0. The Bertz CT molecular complexity index is 406. The van der Waals surface area contributed by atoms with Gasteiger partial charge in [0.05, 0.1) is 6.61 Å². The number of rotatable bonds is 5. The molecule has 0 radical (unpaired) electrons. The van der Waals surface area contributed by atoms with Crippen LogP contribution in [-0.2, 0) is 28.5 Å². The summed E-state index contributed by atoms with van der Waals surface area (Å²) >= 11 is 16.7. The van der Waals surface area contributed by atoms with E-state index in [1.165, 1.54) is 19.9 Å². The Morgan fingerprint density at radius 2 is 1.86 bits per heavy atom. The summed E-state index contributed by atoms with van der Waals surface area (Å²) in [7, 11) is 0. The number of carbonyl (C=O) groups excluding carboxylic acids is 2. The fourth-order valence-corrected chi connectivity index (χ4v) is 1.72. The highest BCUT2D eigenvalue weighted by Gasteiger charge is 2.32. The third-order valence-electron chi connectivity index (χ3n) is 2.30. The fourth-order valence-electron chi connectivity index (χ4n) is 1.53. The van der Waals surface area contributed by atoms with Gasteiger partial charge in [-0.05, 0) is 12.2 Å². The van der Waals surface area contributed by atoms with Gasteiger partial charge in [-0.2, -0.15) is 0 Å². The number of alkyl halides is 3. The van der Waals surface area contributed by atoms with Crippen LogP contribution in [0.3, 0.4) is 0 Å². The predicted molar refractivity (Wildman–Crippen MR) is 76.2 cm³/mol. The van der Waals surface area contributed by atoms with Crippen LogP contribution in [0.1, 0.15) is 13.8 Å². The Kier molecular flexibility index (Phi) is 7.23. The van der Waals surface area contributed by atoms with E-state index < -0.39 is 34.2 Å². The molecule has 120 valence electrons. The molecule has 0 fully saturated rings. The lowest BCUT2D eigenvalue weighted by atomic mass is 10.1. The number of hydrogen-bond donors (Lipinski definition) is 0. The average molecular weight is 362 g/mol. The highest BCUT2D eigenvalue weighted by molar-refractivity contribution is 6.67. The van der Waals surface area contributed by atoms with Crippen LogP contribution in [-0.4, -0.2) is 47.4 Å². The monoisotopic (exact) mass is 360 g/mol. The summed E-state index contributed by atoms with van der Waals surface area (Å²) in [5, 5.41) is 0. The predicted octanol–water partition coefficient (Wildman–Crippen LogP) is 2.15. The minimum Gasteiger partial charge on any atom is -0.463 e. The molecule has 1 unspecified atom stereocenters. The third kappa shape index (κ3) is 7.87. The van der Waals surface area contributed by atoms with Crippen LogP contribution in [0.15, 0.2) is 12.2 Å². The first-order chi connectivity index (χ1) is 9.67. The number of halogens is 3. The smallest absolute Gasteiger partial charge is 0.303 e. The van der Waals surface area contributed by atoms with Gasteiger partial charge in [-0.25, -0.2) is 0 Å². The Hall–Kier alpha value is -0.530. The summed E-state index contributed by atoms with van der Waals surface area (Å²) in [5.74, 6) is -0.963. The molecule has 0 saturated heterocycles. The number of hydrogen-bond acceptors (Lipinski definition) is 6. The van der Waals surface area contributed by atoms with Gasteiger partial charge in [0.1, 0.15) is 18.8 Å². The van der Waals surface area contributed by atoms with Crippen molar-refractivity contribution in [3.8, 4) is 0 Å². The van der Waals surface area contributed by atoms with Gasteiger partial charge in [0.2, 0.25) is 3.79 Å². The highest BCUT2D eigenvalue weighted by Crippen LogP contribution is 2.27. The second-order valence-electron chi connectivity index (χ2n) is 4.23. The molecular weight excluding hydrogens is 346 g/mol. The quantitative estimate of drug-likeness (QED) is 0.424.